The van der Waals surface area contributed by atoms with Crippen molar-refractivity contribution in [2.45, 2.75) is 6.54 Å². The molecule has 0 amide bonds. The Balaban J connectivity index is 2.23. The minimum atomic E-state index is 0.637. The molecule has 0 aliphatic carbocycles. The maximum absolute atomic E-state index is 4.30. The quantitative estimate of drug-likeness (QED) is 0.754. The smallest absolute Gasteiger partial charge is 0.148 e. The SMILES string of the molecule is Cn1ncnc1Cn1cc(Br)c(I)n1. The van der Waals surface area contributed by atoms with Crippen LogP contribution in [0.15, 0.2) is 17.0 Å². The Bertz CT molecular complexity index is 429. The Labute approximate surface area is 103 Å². The number of rotatable bonds is 2. The van der Waals surface area contributed by atoms with Crippen molar-refractivity contribution in [1.29, 1.82) is 0 Å². The van der Waals surface area contributed by atoms with E-state index in [1.54, 1.807) is 11.0 Å². The normalized spacial score (nSPS) is 10.8. The van der Waals surface area contributed by atoms with Crippen LogP contribution in [0.5, 0.6) is 0 Å². The van der Waals surface area contributed by atoms with Crippen LogP contribution in [0.25, 0.3) is 0 Å². The van der Waals surface area contributed by atoms with Crippen LogP contribution in [0.4, 0.5) is 0 Å². The van der Waals surface area contributed by atoms with Crippen LogP contribution in [0.2, 0.25) is 0 Å². The summed E-state index contributed by atoms with van der Waals surface area (Å²) in [7, 11) is 1.87. The lowest BCUT2D eigenvalue weighted by Gasteiger charge is -1.99. The Hall–Kier alpha value is -0.440. The second kappa shape index (κ2) is 3.97. The van der Waals surface area contributed by atoms with Gasteiger partial charge in [-0.3, -0.25) is 9.36 Å². The first-order valence-corrected chi connectivity index (χ1v) is 5.75. The van der Waals surface area contributed by atoms with E-state index in [1.165, 1.54) is 0 Å². The fraction of sp³-hybridized carbons (Fsp3) is 0.286. The van der Waals surface area contributed by atoms with Gasteiger partial charge in [-0.15, -0.1) is 0 Å². The molecular weight excluding hydrogens is 361 g/mol. The van der Waals surface area contributed by atoms with Crippen LogP contribution < -0.4 is 0 Å². The summed E-state index contributed by atoms with van der Waals surface area (Å²) in [5, 5.41) is 8.29. The van der Waals surface area contributed by atoms with Gasteiger partial charge in [0.05, 0.1) is 4.47 Å². The lowest BCUT2D eigenvalue weighted by Crippen LogP contribution is -2.07. The zero-order valence-corrected chi connectivity index (χ0v) is 11.1. The molecule has 0 fully saturated rings. The lowest BCUT2D eigenvalue weighted by molar-refractivity contribution is 0.605. The minimum Gasteiger partial charge on any atom is -0.263 e. The predicted octanol–water partition coefficient (Wildman–Crippen LogP) is 1.43. The molecule has 0 spiro atoms. The molecule has 2 rings (SSSR count). The number of aromatic nitrogens is 5. The molecule has 0 bridgehead atoms. The minimum absolute atomic E-state index is 0.637. The number of hydrogen-bond donors (Lipinski definition) is 0. The number of halogens is 2. The number of aryl methyl sites for hydroxylation is 1. The molecule has 0 unspecified atom stereocenters. The Kier molecular flexibility index (Phi) is 2.86. The van der Waals surface area contributed by atoms with Gasteiger partial charge in [0.25, 0.3) is 0 Å². The highest BCUT2D eigenvalue weighted by atomic mass is 127. The monoisotopic (exact) mass is 367 g/mol. The van der Waals surface area contributed by atoms with E-state index < -0.39 is 0 Å². The third-order valence-corrected chi connectivity index (χ3v) is 3.90. The van der Waals surface area contributed by atoms with Crippen molar-refractivity contribution in [3.8, 4) is 0 Å². The third kappa shape index (κ3) is 1.97. The molecule has 14 heavy (non-hydrogen) atoms. The van der Waals surface area contributed by atoms with Gasteiger partial charge < -0.3 is 0 Å². The summed E-state index contributed by atoms with van der Waals surface area (Å²) in [6.45, 7) is 0.637. The van der Waals surface area contributed by atoms with Crippen molar-refractivity contribution in [2.24, 2.45) is 7.05 Å². The summed E-state index contributed by atoms with van der Waals surface area (Å²) < 4.78 is 5.52. The summed E-state index contributed by atoms with van der Waals surface area (Å²) in [5.41, 5.74) is 0. The van der Waals surface area contributed by atoms with Crippen molar-refractivity contribution in [3.63, 3.8) is 0 Å². The molecule has 0 aromatic carbocycles. The first-order chi connectivity index (χ1) is 6.66. The fourth-order valence-corrected chi connectivity index (χ4v) is 1.79. The zero-order chi connectivity index (χ0) is 10.1. The number of hydrogen-bond acceptors (Lipinski definition) is 3. The third-order valence-electron chi connectivity index (χ3n) is 1.78. The molecule has 0 saturated heterocycles. The van der Waals surface area contributed by atoms with Crippen molar-refractivity contribution < 1.29 is 0 Å². The van der Waals surface area contributed by atoms with Crippen LogP contribution in [0.3, 0.4) is 0 Å². The molecule has 2 aromatic heterocycles. The van der Waals surface area contributed by atoms with Gasteiger partial charge in [0, 0.05) is 13.2 Å². The maximum Gasteiger partial charge on any atom is 0.148 e. The molecule has 0 N–H and O–H groups in total. The second-order valence-electron chi connectivity index (χ2n) is 2.77. The van der Waals surface area contributed by atoms with Gasteiger partial charge in [0.15, 0.2) is 0 Å². The van der Waals surface area contributed by atoms with E-state index >= 15 is 0 Å². The summed E-state index contributed by atoms with van der Waals surface area (Å²) in [6.07, 6.45) is 3.47. The van der Waals surface area contributed by atoms with E-state index in [4.69, 9.17) is 0 Å². The molecular formula is C7H7BrIN5. The van der Waals surface area contributed by atoms with E-state index in [-0.39, 0.29) is 0 Å². The first-order valence-electron chi connectivity index (χ1n) is 3.88. The van der Waals surface area contributed by atoms with Crippen molar-refractivity contribution in [1.82, 2.24) is 24.5 Å². The first kappa shape index (κ1) is 10.1. The van der Waals surface area contributed by atoms with Gasteiger partial charge in [-0.1, -0.05) is 0 Å². The Morgan fingerprint density at radius 2 is 2.36 bits per heavy atom. The number of nitrogens with zero attached hydrogens (tertiary/aromatic N) is 5. The van der Waals surface area contributed by atoms with Gasteiger partial charge in [-0.25, -0.2) is 4.98 Å². The van der Waals surface area contributed by atoms with Crippen molar-refractivity contribution in [3.05, 3.63) is 26.5 Å². The molecule has 0 atom stereocenters. The maximum atomic E-state index is 4.30. The summed E-state index contributed by atoms with van der Waals surface area (Å²) in [5.74, 6) is 0.886. The summed E-state index contributed by atoms with van der Waals surface area (Å²) in [4.78, 5) is 4.12. The Morgan fingerprint density at radius 1 is 1.57 bits per heavy atom. The molecule has 74 valence electrons. The molecule has 0 radical (unpaired) electrons. The molecule has 0 aliphatic rings. The van der Waals surface area contributed by atoms with E-state index in [0.29, 0.717) is 6.54 Å². The fourth-order valence-electron chi connectivity index (χ4n) is 1.06. The molecule has 5 nitrogen and oxygen atoms in total. The van der Waals surface area contributed by atoms with Gasteiger partial charge >= 0.3 is 0 Å². The average molecular weight is 368 g/mol. The highest BCUT2D eigenvalue weighted by Gasteiger charge is 2.06. The predicted molar refractivity (Wildman–Crippen MR) is 62.7 cm³/mol. The van der Waals surface area contributed by atoms with Crippen molar-refractivity contribution in [2.75, 3.05) is 0 Å². The highest BCUT2D eigenvalue weighted by molar-refractivity contribution is 14.1. The van der Waals surface area contributed by atoms with E-state index in [2.05, 4.69) is 53.7 Å². The summed E-state index contributed by atoms with van der Waals surface area (Å²) in [6, 6.07) is 0. The van der Waals surface area contributed by atoms with E-state index in [1.807, 2.05) is 17.9 Å². The van der Waals surface area contributed by atoms with Gasteiger partial charge in [-0.2, -0.15) is 10.2 Å². The molecule has 7 heteroatoms. The van der Waals surface area contributed by atoms with E-state index in [9.17, 15) is 0 Å². The lowest BCUT2D eigenvalue weighted by atomic mass is 10.6. The second-order valence-corrected chi connectivity index (χ2v) is 4.64. The van der Waals surface area contributed by atoms with Crippen LogP contribution in [-0.4, -0.2) is 24.5 Å². The van der Waals surface area contributed by atoms with Gasteiger partial charge in [0.2, 0.25) is 0 Å². The standard InChI is InChI=1S/C7H7BrIN5/c1-13-6(10-4-11-13)3-14-2-5(8)7(9)12-14/h2,4H,3H2,1H3. The van der Waals surface area contributed by atoms with Gasteiger partial charge in [-0.05, 0) is 38.5 Å². The highest BCUT2D eigenvalue weighted by Crippen LogP contribution is 2.16. The Morgan fingerprint density at radius 3 is 2.86 bits per heavy atom. The largest absolute Gasteiger partial charge is 0.263 e. The molecule has 0 aliphatic heterocycles. The zero-order valence-electron chi connectivity index (χ0n) is 7.35. The van der Waals surface area contributed by atoms with Crippen LogP contribution >= 0.6 is 38.5 Å². The average Bonchev–Trinajstić information content (AvgIpc) is 2.63. The molecule has 2 heterocycles. The molecule has 0 saturated carbocycles. The molecule has 2 aromatic rings. The van der Waals surface area contributed by atoms with Crippen molar-refractivity contribution >= 4 is 38.5 Å². The van der Waals surface area contributed by atoms with Crippen LogP contribution in [-0.2, 0) is 13.6 Å². The van der Waals surface area contributed by atoms with Gasteiger partial charge in [0.1, 0.15) is 22.4 Å². The van der Waals surface area contributed by atoms with Crippen LogP contribution in [0.1, 0.15) is 5.82 Å². The van der Waals surface area contributed by atoms with E-state index in [0.717, 1.165) is 14.0 Å². The summed E-state index contributed by atoms with van der Waals surface area (Å²) >= 11 is 5.58. The topological polar surface area (TPSA) is 48.5 Å². The van der Waals surface area contributed by atoms with Crippen LogP contribution in [0, 0.1) is 3.70 Å².